The molecule has 0 atom stereocenters. The first kappa shape index (κ1) is 13.6. The Bertz CT molecular complexity index is 620. The summed E-state index contributed by atoms with van der Waals surface area (Å²) in [7, 11) is 0. The Labute approximate surface area is 108 Å². The van der Waals surface area contributed by atoms with Crippen LogP contribution >= 0.6 is 0 Å². The number of halogens is 3. The van der Waals surface area contributed by atoms with Crippen LogP contribution in [-0.4, -0.2) is 21.8 Å². The Hall–Kier alpha value is -1.85. The zero-order valence-electron chi connectivity index (χ0n) is 10.5. The molecule has 0 N–H and O–H groups in total. The molecule has 6 heteroatoms. The summed E-state index contributed by atoms with van der Waals surface area (Å²) in [6.45, 7) is 2.83. The lowest BCUT2D eigenvalue weighted by atomic mass is 10.0. The molecule has 0 fully saturated rings. The van der Waals surface area contributed by atoms with Crippen molar-refractivity contribution in [2.75, 3.05) is 0 Å². The van der Waals surface area contributed by atoms with Crippen LogP contribution < -0.4 is 0 Å². The number of ketones is 1. The molecule has 0 saturated carbocycles. The number of Topliss-reactive ketones (excluding diaryl/α,β-unsaturated/α-hetero) is 1. The highest BCUT2D eigenvalue weighted by Gasteiger charge is 2.20. The Kier molecular flexibility index (Phi) is 3.59. The van der Waals surface area contributed by atoms with E-state index in [0.717, 1.165) is 12.3 Å². The van der Waals surface area contributed by atoms with Crippen molar-refractivity contribution in [3.8, 4) is 0 Å². The predicted molar refractivity (Wildman–Crippen MR) is 64.9 cm³/mol. The van der Waals surface area contributed by atoms with Gasteiger partial charge in [0.15, 0.2) is 5.78 Å². The number of carbonyl (C=O) groups excluding carboxylic acids is 1. The third kappa shape index (κ3) is 2.62. The highest BCUT2D eigenvalue weighted by atomic mass is 19.3. The minimum atomic E-state index is -2.57. The zero-order valence-corrected chi connectivity index (χ0v) is 10.5. The van der Waals surface area contributed by atoms with Crippen LogP contribution in [0.15, 0.2) is 18.5 Å². The van der Waals surface area contributed by atoms with Gasteiger partial charge in [-0.3, -0.25) is 4.79 Å². The van der Waals surface area contributed by atoms with E-state index in [1.807, 2.05) is 0 Å². The lowest BCUT2D eigenvalue weighted by Crippen LogP contribution is -2.08. The molecule has 0 aliphatic heterocycles. The number of aromatic nitrogens is 2. The Morgan fingerprint density at radius 2 is 2.11 bits per heavy atom. The quantitative estimate of drug-likeness (QED) is 0.799. The fraction of sp³-hybridized carbons (Fsp3) is 0.385. The van der Waals surface area contributed by atoms with Crippen molar-refractivity contribution < 1.29 is 18.0 Å². The number of rotatable bonds is 4. The summed E-state index contributed by atoms with van der Waals surface area (Å²) in [6, 6.07) is 1.15. The van der Waals surface area contributed by atoms with E-state index in [9.17, 15) is 18.0 Å². The van der Waals surface area contributed by atoms with E-state index in [4.69, 9.17) is 0 Å². The molecule has 2 aromatic rings. The number of hydrogen-bond donors (Lipinski definition) is 0. The smallest absolute Gasteiger partial charge is 0.256 e. The molecule has 0 aromatic carbocycles. The van der Waals surface area contributed by atoms with Crippen LogP contribution in [0.25, 0.3) is 11.0 Å². The SMILES string of the molecule is CC(C)C(=O)c1cn(CC(F)F)c2ncc(F)cc12. The van der Waals surface area contributed by atoms with E-state index in [0.29, 0.717) is 0 Å². The number of pyridine rings is 1. The van der Waals surface area contributed by atoms with Gasteiger partial charge in [-0.1, -0.05) is 13.8 Å². The van der Waals surface area contributed by atoms with E-state index in [2.05, 4.69) is 4.98 Å². The maximum atomic E-state index is 13.2. The van der Waals surface area contributed by atoms with Crippen molar-refractivity contribution in [1.82, 2.24) is 9.55 Å². The summed E-state index contributed by atoms with van der Waals surface area (Å²) >= 11 is 0. The number of carbonyl (C=O) groups is 1. The summed E-state index contributed by atoms with van der Waals surface area (Å²) in [5, 5.41) is 0.277. The zero-order chi connectivity index (χ0) is 14.2. The van der Waals surface area contributed by atoms with Crippen molar-refractivity contribution >= 4 is 16.8 Å². The van der Waals surface area contributed by atoms with E-state index in [1.165, 1.54) is 10.8 Å². The van der Waals surface area contributed by atoms with Crippen LogP contribution in [0, 0.1) is 11.7 Å². The van der Waals surface area contributed by atoms with E-state index >= 15 is 0 Å². The maximum Gasteiger partial charge on any atom is 0.256 e. The normalized spacial score (nSPS) is 11.7. The first-order chi connectivity index (χ1) is 8.90. The van der Waals surface area contributed by atoms with Crippen LogP contribution in [-0.2, 0) is 6.54 Å². The number of hydrogen-bond acceptors (Lipinski definition) is 2. The standard InChI is InChI=1S/C13H13F3N2O/c1-7(2)12(19)10-5-18(6-11(15)16)13-9(10)3-8(14)4-17-13/h3-5,7,11H,6H2,1-2H3. The molecule has 3 nitrogen and oxygen atoms in total. The summed E-state index contributed by atoms with van der Waals surface area (Å²) in [5.41, 5.74) is 0.434. The average Bonchev–Trinajstić information content (AvgIpc) is 2.65. The van der Waals surface area contributed by atoms with Crippen molar-refractivity contribution in [1.29, 1.82) is 0 Å². The summed E-state index contributed by atoms with van der Waals surface area (Å²) < 4.78 is 39.4. The monoisotopic (exact) mass is 270 g/mol. The fourth-order valence-electron chi connectivity index (χ4n) is 1.94. The lowest BCUT2D eigenvalue weighted by Gasteiger charge is -2.02. The molecule has 0 unspecified atom stereocenters. The Morgan fingerprint density at radius 1 is 1.42 bits per heavy atom. The van der Waals surface area contributed by atoms with E-state index in [-0.39, 0.29) is 28.3 Å². The molecule has 0 bridgehead atoms. The molecule has 2 heterocycles. The predicted octanol–water partition coefficient (Wildman–Crippen LogP) is 3.28. The van der Waals surface area contributed by atoms with Gasteiger partial charge in [0, 0.05) is 23.1 Å². The van der Waals surface area contributed by atoms with Gasteiger partial charge in [-0.25, -0.2) is 18.2 Å². The van der Waals surface area contributed by atoms with Gasteiger partial charge in [0.25, 0.3) is 6.43 Å². The van der Waals surface area contributed by atoms with Gasteiger partial charge in [0.1, 0.15) is 11.5 Å². The van der Waals surface area contributed by atoms with Crippen LogP contribution in [0.5, 0.6) is 0 Å². The van der Waals surface area contributed by atoms with Gasteiger partial charge >= 0.3 is 0 Å². The van der Waals surface area contributed by atoms with Gasteiger partial charge < -0.3 is 4.57 Å². The molecular formula is C13H13F3N2O. The molecule has 0 spiro atoms. The summed E-state index contributed by atoms with van der Waals surface area (Å²) in [5.74, 6) is -1.11. The third-order valence-electron chi connectivity index (χ3n) is 2.80. The fourth-order valence-corrected chi connectivity index (χ4v) is 1.94. The van der Waals surface area contributed by atoms with Crippen LogP contribution in [0.1, 0.15) is 24.2 Å². The van der Waals surface area contributed by atoms with Crippen molar-refractivity contribution in [2.24, 2.45) is 5.92 Å². The minimum absolute atomic E-state index is 0.200. The lowest BCUT2D eigenvalue weighted by molar-refractivity contribution is 0.0939. The van der Waals surface area contributed by atoms with Gasteiger partial charge in [0.05, 0.1) is 12.7 Å². The maximum absolute atomic E-state index is 13.2. The first-order valence-corrected chi connectivity index (χ1v) is 5.87. The largest absolute Gasteiger partial charge is 0.326 e. The number of alkyl halides is 2. The van der Waals surface area contributed by atoms with Crippen LogP contribution in [0.2, 0.25) is 0 Å². The first-order valence-electron chi connectivity index (χ1n) is 5.87. The molecule has 2 aromatic heterocycles. The Balaban J connectivity index is 2.63. The van der Waals surface area contributed by atoms with Crippen molar-refractivity contribution in [3.05, 3.63) is 29.8 Å². The van der Waals surface area contributed by atoms with Gasteiger partial charge in [-0.15, -0.1) is 0 Å². The Morgan fingerprint density at radius 3 is 2.68 bits per heavy atom. The number of fused-ring (bicyclic) bond motifs is 1. The van der Waals surface area contributed by atoms with Crippen LogP contribution in [0.3, 0.4) is 0 Å². The molecule has 0 aliphatic carbocycles. The summed E-state index contributed by atoms with van der Waals surface area (Å²) in [6.07, 6.45) is -0.288. The average molecular weight is 270 g/mol. The molecule has 2 rings (SSSR count). The molecule has 0 aliphatic rings. The molecular weight excluding hydrogens is 257 g/mol. The van der Waals surface area contributed by atoms with Crippen LogP contribution in [0.4, 0.5) is 13.2 Å². The van der Waals surface area contributed by atoms with Crippen molar-refractivity contribution in [3.63, 3.8) is 0 Å². The highest BCUT2D eigenvalue weighted by molar-refractivity contribution is 6.08. The van der Waals surface area contributed by atoms with E-state index < -0.39 is 18.8 Å². The second-order valence-electron chi connectivity index (χ2n) is 4.63. The van der Waals surface area contributed by atoms with Crippen molar-refractivity contribution in [2.45, 2.75) is 26.8 Å². The molecule has 0 saturated heterocycles. The molecule has 0 amide bonds. The topological polar surface area (TPSA) is 34.9 Å². The third-order valence-corrected chi connectivity index (χ3v) is 2.80. The summed E-state index contributed by atoms with van der Waals surface area (Å²) in [4.78, 5) is 15.8. The van der Waals surface area contributed by atoms with Gasteiger partial charge in [0.2, 0.25) is 0 Å². The minimum Gasteiger partial charge on any atom is -0.326 e. The molecule has 19 heavy (non-hydrogen) atoms. The second-order valence-corrected chi connectivity index (χ2v) is 4.63. The van der Waals surface area contributed by atoms with E-state index in [1.54, 1.807) is 13.8 Å². The van der Waals surface area contributed by atoms with Gasteiger partial charge in [-0.05, 0) is 6.07 Å². The number of nitrogens with zero attached hydrogens (tertiary/aromatic N) is 2. The highest BCUT2D eigenvalue weighted by Crippen LogP contribution is 2.24. The second kappa shape index (κ2) is 5.03. The molecule has 102 valence electrons. The molecule has 0 radical (unpaired) electrons. The van der Waals surface area contributed by atoms with Gasteiger partial charge in [-0.2, -0.15) is 0 Å².